The molecule has 0 fully saturated rings. The van der Waals surface area contributed by atoms with E-state index in [1.807, 2.05) is 13.0 Å². The van der Waals surface area contributed by atoms with Gasteiger partial charge in [0.25, 0.3) is 0 Å². The molecule has 0 aliphatic rings. The standard InChI is InChI=1S/C13H18O/c1-9-6-11(8-14)12(7-10(9)2)13(3,4)5/h6-8H,1-5H3. The van der Waals surface area contributed by atoms with E-state index >= 15 is 0 Å². The van der Waals surface area contributed by atoms with Gasteiger partial charge in [-0.05, 0) is 42.0 Å². The number of hydrogen-bond acceptors (Lipinski definition) is 1. The van der Waals surface area contributed by atoms with Gasteiger partial charge in [0, 0.05) is 5.56 Å². The molecule has 1 nitrogen and oxygen atoms in total. The van der Waals surface area contributed by atoms with E-state index in [1.54, 1.807) is 0 Å². The fourth-order valence-corrected chi connectivity index (χ4v) is 1.59. The van der Waals surface area contributed by atoms with Crippen molar-refractivity contribution in [2.45, 2.75) is 40.0 Å². The highest BCUT2D eigenvalue weighted by Crippen LogP contribution is 2.27. The number of aldehydes is 1. The molecule has 0 radical (unpaired) electrons. The van der Waals surface area contributed by atoms with Crippen molar-refractivity contribution < 1.29 is 4.79 Å². The summed E-state index contributed by atoms with van der Waals surface area (Å²) in [4.78, 5) is 10.9. The van der Waals surface area contributed by atoms with Crippen LogP contribution >= 0.6 is 0 Å². The van der Waals surface area contributed by atoms with Crippen molar-refractivity contribution >= 4 is 6.29 Å². The van der Waals surface area contributed by atoms with Crippen LogP contribution in [0.15, 0.2) is 12.1 Å². The van der Waals surface area contributed by atoms with Crippen LogP contribution in [0.25, 0.3) is 0 Å². The lowest BCUT2D eigenvalue weighted by Gasteiger charge is -2.22. The molecule has 1 heteroatoms. The minimum absolute atomic E-state index is 0.0364. The van der Waals surface area contributed by atoms with Crippen LogP contribution in [0, 0.1) is 13.8 Å². The van der Waals surface area contributed by atoms with Gasteiger partial charge >= 0.3 is 0 Å². The molecule has 0 unspecified atom stereocenters. The molecule has 14 heavy (non-hydrogen) atoms. The Labute approximate surface area is 86.1 Å². The molecule has 0 bridgehead atoms. The summed E-state index contributed by atoms with van der Waals surface area (Å²) in [5, 5.41) is 0. The average molecular weight is 190 g/mol. The lowest BCUT2D eigenvalue weighted by molar-refractivity contribution is 0.112. The van der Waals surface area contributed by atoms with Gasteiger partial charge in [-0.25, -0.2) is 0 Å². The fourth-order valence-electron chi connectivity index (χ4n) is 1.59. The Bertz CT molecular complexity index is 356. The fraction of sp³-hybridized carbons (Fsp3) is 0.462. The normalized spacial score (nSPS) is 11.5. The van der Waals surface area contributed by atoms with Crippen LogP contribution in [0.2, 0.25) is 0 Å². The Morgan fingerprint density at radius 1 is 1.07 bits per heavy atom. The van der Waals surface area contributed by atoms with Gasteiger partial charge in [0.05, 0.1) is 0 Å². The predicted molar refractivity (Wildman–Crippen MR) is 60.0 cm³/mol. The molecule has 0 spiro atoms. The number of carbonyl (C=O) groups excluding carboxylic acids is 1. The third kappa shape index (κ3) is 2.03. The Balaban J connectivity index is 3.42. The Hall–Kier alpha value is -1.11. The summed E-state index contributed by atoms with van der Waals surface area (Å²) in [6, 6.07) is 4.10. The summed E-state index contributed by atoms with van der Waals surface area (Å²) in [5.74, 6) is 0. The Morgan fingerprint density at radius 2 is 1.57 bits per heavy atom. The molecule has 0 N–H and O–H groups in total. The van der Waals surface area contributed by atoms with Crippen molar-refractivity contribution in [1.82, 2.24) is 0 Å². The quantitative estimate of drug-likeness (QED) is 0.620. The monoisotopic (exact) mass is 190 g/mol. The minimum atomic E-state index is 0.0364. The molecule has 0 saturated heterocycles. The van der Waals surface area contributed by atoms with Gasteiger partial charge in [0.15, 0.2) is 0 Å². The highest BCUT2D eigenvalue weighted by Gasteiger charge is 2.18. The largest absolute Gasteiger partial charge is 0.298 e. The lowest BCUT2D eigenvalue weighted by atomic mass is 9.82. The second kappa shape index (κ2) is 3.56. The summed E-state index contributed by atoms with van der Waals surface area (Å²) < 4.78 is 0. The number of carbonyl (C=O) groups is 1. The molecular weight excluding hydrogens is 172 g/mol. The first-order chi connectivity index (χ1) is 6.36. The summed E-state index contributed by atoms with van der Waals surface area (Å²) in [7, 11) is 0. The SMILES string of the molecule is Cc1cc(C=O)c(C(C)(C)C)cc1C. The smallest absolute Gasteiger partial charge is 0.150 e. The number of benzene rings is 1. The van der Waals surface area contributed by atoms with Crippen molar-refractivity contribution in [1.29, 1.82) is 0 Å². The predicted octanol–water partition coefficient (Wildman–Crippen LogP) is 3.41. The molecule has 76 valence electrons. The molecule has 0 heterocycles. The average Bonchev–Trinajstić information content (AvgIpc) is 2.07. The van der Waals surface area contributed by atoms with Gasteiger partial charge in [-0.3, -0.25) is 4.79 Å². The maximum Gasteiger partial charge on any atom is 0.150 e. The van der Waals surface area contributed by atoms with Crippen molar-refractivity contribution in [2.24, 2.45) is 0 Å². The van der Waals surface area contributed by atoms with Crippen molar-refractivity contribution in [3.05, 3.63) is 34.4 Å². The first-order valence-electron chi connectivity index (χ1n) is 4.93. The van der Waals surface area contributed by atoms with Crippen molar-refractivity contribution in [2.75, 3.05) is 0 Å². The van der Waals surface area contributed by atoms with E-state index in [-0.39, 0.29) is 5.41 Å². The summed E-state index contributed by atoms with van der Waals surface area (Å²) in [5.41, 5.74) is 4.42. The molecule has 1 aromatic rings. The van der Waals surface area contributed by atoms with E-state index in [1.165, 1.54) is 11.1 Å². The van der Waals surface area contributed by atoms with Gasteiger partial charge in [0.2, 0.25) is 0 Å². The van der Waals surface area contributed by atoms with Crippen LogP contribution < -0.4 is 0 Å². The zero-order valence-corrected chi connectivity index (χ0v) is 9.64. The first-order valence-corrected chi connectivity index (χ1v) is 4.93. The summed E-state index contributed by atoms with van der Waals surface area (Å²) >= 11 is 0. The third-order valence-electron chi connectivity index (χ3n) is 2.60. The minimum Gasteiger partial charge on any atom is -0.298 e. The highest BCUT2D eigenvalue weighted by molar-refractivity contribution is 5.78. The van der Waals surface area contributed by atoms with E-state index in [2.05, 4.69) is 33.8 Å². The second-order valence-electron chi connectivity index (χ2n) is 4.89. The van der Waals surface area contributed by atoms with Crippen molar-refractivity contribution in [3.63, 3.8) is 0 Å². The van der Waals surface area contributed by atoms with E-state index in [9.17, 15) is 4.79 Å². The molecule has 0 aromatic heterocycles. The van der Waals surface area contributed by atoms with Crippen molar-refractivity contribution in [3.8, 4) is 0 Å². The topological polar surface area (TPSA) is 17.1 Å². The first kappa shape index (κ1) is 11.0. The highest BCUT2D eigenvalue weighted by atomic mass is 16.1. The van der Waals surface area contributed by atoms with Crippen LogP contribution in [0.1, 0.15) is 47.8 Å². The van der Waals surface area contributed by atoms with Crippen LogP contribution in [0.5, 0.6) is 0 Å². The van der Waals surface area contributed by atoms with Crippen LogP contribution in [-0.2, 0) is 5.41 Å². The molecule has 0 aliphatic heterocycles. The number of aryl methyl sites for hydroxylation is 2. The lowest BCUT2D eigenvalue weighted by Crippen LogP contribution is -2.14. The zero-order chi connectivity index (χ0) is 10.9. The van der Waals surface area contributed by atoms with Crippen LogP contribution in [0.3, 0.4) is 0 Å². The van der Waals surface area contributed by atoms with Gasteiger partial charge in [-0.15, -0.1) is 0 Å². The molecule has 0 aliphatic carbocycles. The number of rotatable bonds is 1. The molecule has 1 aromatic carbocycles. The second-order valence-corrected chi connectivity index (χ2v) is 4.89. The maximum absolute atomic E-state index is 10.9. The van der Waals surface area contributed by atoms with Gasteiger partial charge in [-0.2, -0.15) is 0 Å². The Kier molecular flexibility index (Phi) is 2.79. The molecule has 0 atom stereocenters. The van der Waals surface area contributed by atoms with Gasteiger partial charge < -0.3 is 0 Å². The summed E-state index contributed by atoms with van der Waals surface area (Å²) in [6.07, 6.45) is 0.951. The summed E-state index contributed by atoms with van der Waals surface area (Å²) in [6.45, 7) is 10.5. The van der Waals surface area contributed by atoms with Gasteiger partial charge in [0.1, 0.15) is 6.29 Å². The molecular formula is C13H18O. The van der Waals surface area contributed by atoms with E-state index in [0.29, 0.717) is 0 Å². The Morgan fingerprint density at radius 3 is 2.00 bits per heavy atom. The third-order valence-corrected chi connectivity index (χ3v) is 2.60. The molecule has 0 saturated carbocycles. The molecule has 1 rings (SSSR count). The van der Waals surface area contributed by atoms with E-state index < -0.39 is 0 Å². The van der Waals surface area contributed by atoms with E-state index in [0.717, 1.165) is 17.4 Å². The van der Waals surface area contributed by atoms with E-state index in [4.69, 9.17) is 0 Å². The van der Waals surface area contributed by atoms with Crippen LogP contribution in [0.4, 0.5) is 0 Å². The maximum atomic E-state index is 10.9. The van der Waals surface area contributed by atoms with Gasteiger partial charge in [-0.1, -0.05) is 26.8 Å². The number of hydrogen-bond donors (Lipinski definition) is 0. The molecule has 0 amide bonds. The van der Waals surface area contributed by atoms with Crippen LogP contribution in [-0.4, -0.2) is 6.29 Å². The zero-order valence-electron chi connectivity index (χ0n) is 9.64.